The lowest BCUT2D eigenvalue weighted by molar-refractivity contribution is -0.128. The van der Waals surface area contributed by atoms with E-state index in [2.05, 4.69) is 0 Å². The second kappa shape index (κ2) is 5.20. The number of benzene rings is 1. The van der Waals surface area contributed by atoms with E-state index in [9.17, 15) is 18.0 Å². The van der Waals surface area contributed by atoms with Crippen LogP contribution in [0.25, 0.3) is 6.08 Å². The van der Waals surface area contributed by atoms with Gasteiger partial charge in [-0.05, 0) is 35.6 Å². The van der Waals surface area contributed by atoms with Crippen molar-refractivity contribution in [3.05, 3.63) is 34.9 Å². The summed E-state index contributed by atoms with van der Waals surface area (Å²) in [5.74, 6) is -0.531. The summed E-state index contributed by atoms with van der Waals surface area (Å²) in [5.41, 5.74) is 1.46. The van der Waals surface area contributed by atoms with Gasteiger partial charge in [0.05, 0.1) is 0 Å². The van der Waals surface area contributed by atoms with Crippen molar-refractivity contribution in [2.24, 2.45) is 0 Å². The highest BCUT2D eigenvalue weighted by Gasteiger charge is 2.45. The summed E-state index contributed by atoms with van der Waals surface area (Å²) < 4.78 is 39.3. The number of Topliss-reactive ketones (excluding diaryl/α,β-unsaturated/α-hetero) is 1. The quantitative estimate of drug-likeness (QED) is 0.726. The van der Waals surface area contributed by atoms with E-state index in [1.165, 1.54) is 13.0 Å². The minimum atomic E-state index is -4.43. The number of thioether (sulfide) groups is 1. The first kappa shape index (κ1) is 16.1. The van der Waals surface area contributed by atoms with Crippen LogP contribution in [0.2, 0.25) is 0 Å². The Labute approximate surface area is 126 Å². The van der Waals surface area contributed by atoms with Gasteiger partial charge in [-0.25, -0.2) is 0 Å². The molecule has 0 N–H and O–H groups in total. The summed E-state index contributed by atoms with van der Waals surface area (Å²) in [6.45, 7) is 7.31. The van der Waals surface area contributed by atoms with Gasteiger partial charge in [-0.15, -0.1) is 11.8 Å². The second-order valence-electron chi connectivity index (χ2n) is 6.20. The minimum Gasteiger partial charge on any atom is -0.295 e. The molecule has 1 unspecified atom stereocenters. The fourth-order valence-electron chi connectivity index (χ4n) is 2.20. The summed E-state index contributed by atoms with van der Waals surface area (Å²) in [6, 6.07) is 5.44. The first-order valence-corrected chi connectivity index (χ1v) is 7.48. The average Bonchev–Trinajstić information content (AvgIpc) is 2.34. The molecule has 0 fully saturated rings. The Morgan fingerprint density at radius 1 is 1.19 bits per heavy atom. The summed E-state index contributed by atoms with van der Waals surface area (Å²) in [7, 11) is 0. The Balaban J connectivity index is 2.54. The van der Waals surface area contributed by atoms with Gasteiger partial charge in [0, 0.05) is 10.5 Å². The van der Waals surface area contributed by atoms with Gasteiger partial charge in [-0.1, -0.05) is 32.9 Å². The molecule has 0 spiro atoms. The molecule has 2 rings (SSSR count). The van der Waals surface area contributed by atoms with Gasteiger partial charge in [0.25, 0.3) is 0 Å². The van der Waals surface area contributed by atoms with Gasteiger partial charge < -0.3 is 0 Å². The third-order valence-corrected chi connectivity index (χ3v) is 4.80. The molecule has 1 atom stereocenters. The summed E-state index contributed by atoms with van der Waals surface area (Å²) in [5, 5.41) is -1.78. The predicted octanol–water partition coefficient (Wildman–Crippen LogP) is 4.99. The molecular formula is C16H17F3OS. The Kier molecular flexibility index (Phi) is 4.00. The molecule has 0 aliphatic carbocycles. The third-order valence-electron chi connectivity index (χ3n) is 3.42. The average molecular weight is 314 g/mol. The van der Waals surface area contributed by atoms with Crippen molar-refractivity contribution in [2.75, 3.05) is 0 Å². The van der Waals surface area contributed by atoms with E-state index in [-0.39, 0.29) is 11.0 Å². The number of hydrogen-bond acceptors (Lipinski definition) is 2. The molecule has 0 saturated heterocycles. The minimum absolute atomic E-state index is 0.0925. The fourth-order valence-corrected chi connectivity index (χ4v) is 3.35. The van der Waals surface area contributed by atoms with E-state index >= 15 is 0 Å². The van der Waals surface area contributed by atoms with Crippen molar-refractivity contribution in [2.45, 2.75) is 49.4 Å². The van der Waals surface area contributed by atoms with Crippen LogP contribution < -0.4 is 0 Å². The number of fused-ring (bicyclic) bond motifs is 1. The molecule has 5 heteroatoms. The maximum absolute atomic E-state index is 13.1. The number of carbonyl (C=O) groups is 1. The van der Waals surface area contributed by atoms with Crippen molar-refractivity contribution < 1.29 is 18.0 Å². The van der Waals surface area contributed by atoms with Crippen LogP contribution in [0.4, 0.5) is 13.2 Å². The van der Waals surface area contributed by atoms with Gasteiger partial charge in [-0.3, -0.25) is 4.79 Å². The number of rotatable bonds is 1. The van der Waals surface area contributed by atoms with Crippen LogP contribution in [-0.2, 0) is 10.2 Å². The Morgan fingerprint density at radius 3 is 2.29 bits per heavy atom. The predicted molar refractivity (Wildman–Crippen MR) is 79.5 cm³/mol. The smallest absolute Gasteiger partial charge is 0.295 e. The lowest BCUT2D eigenvalue weighted by Gasteiger charge is -2.28. The fraction of sp³-hybridized carbons (Fsp3) is 0.438. The Hall–Kier alpha value is -1.23. The maximum atomic E-state index is 13.1. The van der Waals surface area contributed by atoms with Crippen molar-refractivity contribution in [3.8, 4) is 0 Å². The van der Waals surface area contributed by atoms with Crippen molar-refractivity contribution in [1.82, 2.24) is 0 Å². The Morgan fingerprint density at radius 2 is 1.81 bits per heavy atom. The van der Waals surface area contributed by atoms with Crippen LogP contribution in [-0.4, -0.2) is 17.2 Å². The van der Waals surface area contributed by atoms with Gasteiger partial charge in [0.1, 0.15) is 5.25 Å². The lowest BCUT2D eigenvalue weighted by atomic mass is 9.86. The van der Waals surface area contributed by atoms with E-state index in [1.807, 2.05) is 32.9 Å². The molecule has 1 aromatic rings. The Bertz CT molecular complexity index is 609. The van der Waals surface area contributed by atoms with Gasteiger partial charge in [0.2, 0.25) is 0 Å². The molecular weight excluding hydrogens is 297 g/mol. The van der Waals surface area contributed by atoms with Gasteiger partial charge in [-0.2, -0.15) is 13.2 Å². The van der Waals surface area contributed by atoms with Crippen LogP contribution in [0.3, 0.4) is 0 Å². The zero-order valence-electron chi connectivity index (χ0n) is 12.3. The number of halogens is 3. The van der Waals surface area contributed by atoms with Crippen LogP contribution >= 0.6 is 11.8 Å². The molecule has 1 aliphatic rings. The third kappa shape index (κ3) is 3.34. The summed E-state index contributed by atoms with van der Waals surface area (Å²) >= 11 is 0.706. The SMILES string of the molecule is CC(=O)C1=Cc2cc(C(C)(C)C)ccc2SC1C(F)(F)F. The summed E-state index contributed by atoms with van der Waals surface area (Å²) in [6.07, 6.45) is -3.04. The highest BCUT2D eigenvalue weighted by molar-refractivity contribution is 8.00. The largest absolute Gasteiger partial charge is 0.405 e. The van der Waals surface area contributed by atoms with Gasteiger partial charge >= 0.3 is 6.18 Å². The molecule has 0 saturated carbocycles. The standard InChI is InChI=1S/C16H17F3OS/c1-9(20)12-8-10-7-11(15(2,3)4)5-6-13(10)21-14(12)16(17,18)19/h5-8,14H,1-4H3. The van der Waals surface area contributed by atoms with Crippen LogP contribution in [0.15, 0.2) is 28.7 Å². The molecule has 114 valence electrons. The maximum Gasteiger partial charge on any atom is 0.405 e. The van der Waals surface area contributed by atoms with Crippen LogP contribution in [0, 0.1) is 0 Å². The van der Waals surface area contributed by atoms with Gasteiger partial charge in [0.15, 0.2) is 5.78 Å². The van der Waals surface area contributed by atoms with Crippen LogP contribution in [0.1, 0.15) is 38.8 Å². The number of alkyl halides is 3. The van der Waals surface area contributed by atoms with E-state index in [1.54, 1.807) is 6.07 Å². The number of ketones is 1. The summed E-state index contributed by atoms with van der Waals surface area (Å²) in [4.78, 5) is 12.1. The first-order chi connectivity index (χ1) is 9.50. The van der Waals surface area contributed by atoms with E-state index in [4.69, 9.17) is 0 Å². The highest BCUT2D eigenvalue weighted by Crippen LogP contribution is 2.45. The molecule has 1 aliphatic heterocycles. The van der Waals surface area contributed by atoms with E-state index in [0.29, 0.717) is 22.2 Å². The molecule has 0 radical (unpaired) electrons. The monoisotopic (exact) mass is 314 g/mol. The second-order valence-corrected chi connectivity index (χ2v) is 7.34. The molecule has 1 aromatic carbocycles. The van der Waals surface area contributed by atoms with E-state index < -0.39 is 17.2 Å². The molecule has 21 heavy (non-hydrogen) atoms. The molecule has 1 nitrogen and oxygen atoms in total. The van der Waals surface area contributed by atoms with Crippen molar-refractivity contribution in [1.29, 1.82) is 0 Å². The lowest BCUT2D eigenvalue weighted by Crippen LogP contribution is -2.31. The normalized spacial score (nSPS) is 19.0. The number of carbonyl (C=O) groups excluding carboxylic acids is 1. The van der Waals surface area contributed by atoms with Crippen LogP contribution in [0.5, 0.6) is 0 Å². The van der Waals surface area contributed by atoms with Crippen molar-refractivity contribution in [3.63, 3.8) is 0 Å². The van der Waals surface area contributed by atoms with Crippen molar-refractivity contribution >= 4 is 23.6 Å². The zero-order valence-corrected chi connectivity index (χ0v) is 13.2. The zero-order chi connectivity index (χ0) is 16.0. The first-order valence-electron chi connectivity index (χ1n) is 6.60. The van der Waals surface area contributed by atoms with E-state index in [0.717, 1.165) is 5.56 Å². The number of hydrogen-bond donors (Lipinski definition) is 0. The molecule has 0 amide bonds. The highest BCUT2D eigenvalue weighted by atomic mass is 32.2. The molecule has 0 aromatic heterocycles. The molecule has 1 heterocycles. The molecule has 0 bridgehead atoms. The topological polar surface area (TPSA) is 17.1 Å².